The number of carbonyl (C=O) groups is 1. The summed E-state index contributed by atoms with van der Waals surface area (Å²) in [5.74, 6) is 1.16. The molecule has 0 aliphatic rings. The monoisotopic (exact) mass is 403 g/mol. The Morgan fingerprint density at radius 3 is 2.70 bits per heavy atom. The van der Waals surface area contributed by atoms with Gasteiger partial charge in [0.15, 0.2) is 0 Å². The lowest BCUT2D eigenvalue weighted by molar-refractivity contribution is 0.102. The second kappa shape index (κ2) is 7.77. The molecule has 142 valence electrons. The number of aromatic nitrogens is 4. The topological polar surface area (TPSA) is 93.8 Å². The molecule has 0 radical (unpaired) electrons. The predicted molar refractivity (Wildman–Crippen MR) is 106 cm³/mol. The lowest BCUT2D eigenvalue weighted by Crippen LogP contribution is -2.13. The van der Waals surface area contributed by atoms with Gasteiger partial charge in [-0.2, -0.15) is 0 Å². The van der Waals surface area contributed by atoms with Crippen molar-refractivity contribution in [2.45, 2.75) is 50.8 Å². The first-order valence-corrected chi connectivity index (χ1v) is 10.2. The molecule has 0 spiro atoms. The van der Waals surface area contributed by atoms with Crippen molar-refractivity contribution in [3.05, 3.63) is 45.9 Å². The van der Waals surface area contributed by atoms with E-state index in [1.54, 1.807) is 18.3 Å². The summed E-state index contributed by atoms with van der Waals surface area (Å²) in [5, 5.41) is 17.0. The van der Waals surface area contributed by atoms with E-state index in [0.717, 1.165) is 22.0 Å². The number of nitrogens with zero attached hydrogens (tertiary/aromatic N) is 4. The van der Waals surface area contributed by atoms with Crippen LogP contribution < -0.4 is 5.32 Å². The molecule has 0 aliphatic carbocycles. The summed E-state index contributed by atoms with van der Waals surface area (Å²) >= 11 is 2.86. The van der Waals surface area contributed by atoms with Crippen molar-refractivity contribution in [3.63, 3.8) is 0 Å². The zero-order valence-electron chi connectivity index (χ0n) is 15.9. The molecule has 0 fully saturated rings. The minimum atomic E-state index is -0.249. The minimum absolute atomic E-state index is 0.107. The van der Waals surface area contributed by atoms with E-state index in [1.807, 2.05) is 13.8 Å². The number of aryl methyl sites for hydroxylation is 2. The fraction of sp³-hybridized carbons (Fsp3) is 0.389. The molecule has 9 heteroatoms. The Morgan fingerprint density at radius 1 is 1.30 bits per heavy atom. The van der Waals surface area contributed by atoms with Gasteiger partial charge in [-0.3, -0.25) is 10.1 Å². The summed E-state index contributed by atoms with van der Waals surface area (Å²) in [6, 6.07) is 3.50. The molecule has 3 aromatic rings. The van der Waals surface area contributed by atoms with Gasteiger partial charge in [-0.1, -0.05) is 37.3 Å². The van der Waals surface area contributed by atoms with Crippen LogP contribution in [-0.4, -0.2) is 26.2 Å². The van der Waals surface area contributed by atoms with E-state index >= 15 is 0 Å². The third-order valence-corrected chi connectivity index (χ3v) is 6.13. The van der Waals surface area contributed by atoms with Crippen molar-refractivity contribution in [2.75, 3.05) is 5.32 Å². The summed E-state index contributed by atoms with van der Waals surface area (Å²) in [7, 11) is 0. The molecule has 3 aromatic heterocycles. The molecular weight excluding hydrogens is 382 g/mol. The third-order valence-electron chi connectivity index (χ3n) is 3.84. The molecule has 27 heavy (non-hydrogen) atoms. The summed E-state index contributed by atoms with van der Waals surface area (Å²) in [4.78, 5) is 17.1. The van der Waals surface area contributed by atoms with E-state index in [-0.39, 0.29) is 11.3 Å². The van der Waals surface area contributed by atoms with Gasteiger partial charge in [0.05, 0.1) is 11.3 Å². The molecule has 0 saturated heterocycles. The van der Waals surface area contributed by atoms with Gasteiger partial charge in [0.2, 0.25) is 5.13 Å². The Morgan fingerprint density at radius 2 is 2.07 bits per heavy atom. The average Bonchev–Trinajstić information content (AvgIpc) is 3.20. The van der Waals surface area contributed by atoms with Crippen LogP contribution in [0.3, 0.4) is 0 Å². The number of pyridine rings is 1. The van der Waals surface area contributed by atoms with Crippen LogP contribution in [0.1, 0.15) is 53.2 Å². The van der Waals surface area contributed by atoms with Gasteiger partial charge >= 0.3 is 0 Å². The predicted octanol–water partition coefficient (Wildman–Crippen LogP) is 4.38. The van der Waals surface area contributed by atoms with E-state index in [4.69, 9.17) is 4.52 Å². The van der Waals surface area contributed by atoms with Crippen LogP contribution in [0.4, 0.5) is 5.13 Å². The fourth-order valence-corrected chi connectivity index (χ4v) is 4.21. The lowest BCUT2D eigenvalue weighted by atomic mass is 9.98. The highest BCUT2D eigenvalue weighted by Crippen LogP contribution is 2.30. The van der Waals surface area contributed by atoms with E-state index in [2.05, 4.69) is 46.4 Å². The maximum atomic E-state index is 12.7. The van der Waals surface area contributed by atoms with Gasteiger partial charge in [-0.25, -0.2) is 4.98 Å². The van der Waals surface area contributed by atoms with Gasteiger partial charge in [0, 0.05) is 22.9 Å². The quantitative estimate of drug-likeness (QED) is 0.632. The molecular formula is C18H21N5O2S2. The SMILES string of the molecule is Cc1noc(C)c1CSc1ncccc1C(=O)Nc1nnc(C(C)(C)C)s1. The molecule has 1 N–H and O–H groups in total. The smallest absolute Gasteiger partial charge is 0.260 e. The highest BCUT2D eigenvalue weighted by Gasteiger charge is 2.21. The number of hydrogen-bond donors (Lipinski definition) is 1. The molecule has 0 aromatic carbocycles. The Balaban J connectivity index is 1.75. The Bertz CT molecular complexity index is 939. The Kier molecular flexibility index (Phi) is 5.61. The van der Waals surface area contributed by atoms with E-state index in [1.165, 1.54) is 23.1 Å². The number of hydrogen-bond acceptors (Lipinski definition) is 8. The van der Waals surface area contributed by atoms with Crippen LogP contribution in [0.15, 0.2) is 27.9 Å². The van der Waals surface area contributed by atoms with Crippen molar-refractivity contribution in [3.8, 4) is 0 Å². The van der Waals surface area contributed by atoms with Crippen molar-refractivity contribution in [1.82, 2.24) is 20.3 Å². The molecule has 0 bridgehead atoms. The van der Waals surface area contributed by atoms with Crippen molar-refractivity contribution in [2.24, 2.45) is 0 Å². The summed E-state index contributed by atoms with van der Waals surface area (Å²) < 4.78 is 5.19. The summed E-state index contributed by atoms with van der Waals surface area (Å²) in [5.41, 5.74) is 2.27. The number of rotatable bonds is 5. The lowest BCUT2D eigenvalue weighted by Gasteiger charge is -2.12. The van der Waals surface area contributed by atoms with E-state index in [9.17, 15) is 4.79 Å². The number of nitrogens with one attached hydrogen (secondary N) is 1. The molecule has 3 rings (SSSR count). The highest BCUT2D eigenvalue weighted by molar-refractivity contribution is 7.98. The van der Waals surface area contributed by atoms with Crippen molar-refractivity contribution < 1.29 is 9.32 Å². The second-order valence-corrected chi connectivity index (χ2v) is 9.01. The minimum Gasteiger partial charge on any atom is -0.361 e. The molecule has 7 nitrogen and oxygen atoms in total. The molecule has 0 saturated carbocycles. The largest absolute Gasteiger partial charge is 0.361 e. The van der Waals surface area contributed by atoms with E-state index < -0.39 is 0 Å². The summed E-state index contributed by atoms with van der Waals surface area (Å²) in [6.45, 7) is 9.96. The van der Waals surface area contributed by atoms with Gasteiger partial charge in [-0.15, -0.1) is 22.0 Å². The van der Waals surface area contributed by atoms with Gasteiger partial charge in [0.1, 0.15) is 15.8 Å². The molecule has 1 amide bonds. The van der Waals surface area contributed by atoms with Crippen LogP contribution in [0.25, 0.3) is 0 Å². The number of carbonyl (C=O) groups excluding carboxylic acids is 1. The first-order valence-electron chi connectivity index (χ1n) is 8.40. The summed E-state index contributed by atoms with van der Waals surface area (Å²) in [6.07, 6.45) is 1.68. The maximum Gasteiger partial charge on any atom is 0.260 e. The van der Waals surface area contributed by atoms with E-state index in [0.29, 0.717) is 21.5 Å². The number of anilines is 1. The van der Waals surface area contributed by atoms with Gasteiger partial charge in [-0.05, 0) is 26.0 Å². The molecule has 0 unspecified atom stereocenters. The van der Waals surface area contributed by atoms with Crippen molar-refractivity contribution >= 4 is 34.1 Å². The van der Waals surface area contributed by atoms with Crippen LogP contribution in [-0.2, 0) is 11.2 Å². The third kappa shape index (κ3) is 4.54. The number of thioether (sulfide) groups is 1. The highest BCUT2D eigenvalue weighted by atomic mass is 32.2. The van der Waals surface area contributed by atoms with Gasteiger partial charge in [0.25, 0.3) is 5.91 Å². The molecule has 0 atom stereocenters. The second-order valence-electron chi connectivity index (χ2n) is 7.06. The first-order chi connectivity index (χ1) is 12.8. The van der Waals surface area contributed by atoms with Crippen LogP contribution in [0.5, 0.6) is 0 Å². The molecule has 0 aliphatic heterocycles. The standard InChI is InChI=1S/C18H21N5O2S2/c1-10-13(11(2)25-23-10)9-26-15-12(7-6-8-19-15)14(24)20-17-22-21-16(27-17)18(3,4)5/h6-8H,9H2,1-5H3,(H,20,22,24). The van der Waals surface area contributed by atoms with Crippen LogP contribution >= 0.6 is 23.1 Å². The van der Waals surface area contributed by atoms with Crippen molar-refractivity contribution in [1.29, 1.82) is 0 Å². The number of amides is 1. The zero-order valence-corrected chi connectivity index (χ0v) is 17.5. The fourth-order valence-electron chi connectivity index (χ4n) is 2.27. The Labute approximate surface area is 166 Å². The average molecular weight is 404 g/mol. The maximum absolute atomic E-state index is 12.7. The van der Waals surface area contributed by atoms with Crippen LogP contribution in [0, 0.1) is 13.8 Å². The normalized spacial score (nSPS) is 11.6. The van der Waals surface area contributed by atoms with Gasteiger partial charge < -0.3 is 4.52 Å². The molecule has 3 heterocycles. The Hall–Kier alpha value is -2.26. The zero-order chi connectivity index (χ0) is 19.6. The first kappa shape index (κ1) is 19.5. The van der Waals surface area contributed by atoms with Crippen LogP contribution in [0.2, 0.25) is 0 Å².